The molecule has 0 rings (SSSR count). The third-order valence-corrected chi connectivity index (χ3v) is 5.32. The highest BCUT2D eigenvalue weighted by Gasteiger charge is 2.25. The molecular formula is C14H30S. The van der Waals surface area contributed by atoms with Crippen LogP contribution in [-0.4, -0.2) is 10.5 Å². The molecule has 92 valence electrons. The van der Waals surface area contributed by atoms with Crippen molar-refractivity contribution >= 4 is 11.8 Å². The molecule has 0 radical (unpaired) electrons. The summed E-state index contributed by atoms with van der Waals surface area (Å²) < 4.78 is 0.602. The monoisotopic (exact) mass is 230 g/mol. The van der Waals surface area contributed by atoms with E-state index in [1.807, 2.05) is 0 Å². The first-order valence-corrected chi connectivity index (χ1v) is 7.87. The molecule has 0 bridgehead atoms. The summed E-state index contributed by atoms with van der Waals surface area (Å²) in [5.41, 5.74) is 0. The first-order chi connectivity index (χ1) is 7.24. The molecule has 0 saturated carbocycles. The fraction of sp³-hybridized carbons (Fsp3) is 1.00. The van der Waals surface area contributed by atoms with Gasteiger partial charge in [0.1, 0.15) is 0 Å². The number of rotatable bonds is 10. The van der Waals surface area contributed by atoms with Crippen molar-refractivity contribution in [1.82, 2.24) is 0 Å². The average molecular weight is 230 g/mol. The van der Waals surface area contributed by atoms with Gasteiger partial charge in [-0.25, -0.2) is 0 Å². The van der Waals surface area contributed by atoms with Crippen LogP contribution in [-0.2, 0) is 0 Å². The highest BCUT2D eigenvalue weighted by molar-refractivity contribution is 8.00. The minimum Gasteiger partial charge on any atom is -0.155 e. The zero-order valence-corrected chi connectivity index (χ0v) is 12.1. The molecule has 0 saturated heterocycles. The molecular weight excluding hydrogens is 200 g/mol. The Morgan fingerprint density at radius 1 is 0.800 bits per heavy atom. The van der Waals surface area contributed by atoms with Crippen molar-refractivity contribution < 1.29 is 0 Å². The highest BCUT2D eigenvalue weighted by Crippen LogP contribution is 2.38. The largest absolute Gasteiger partial charge is 0.155 e. The lowest BCUT2D eigenvalue weighted by atomic mass is 9.95. The summed E-state index contributed by atoms with van der Waals surface area (Å²) in [5, 5.41) is 0. The molecule has 0 N–H and O–H groups in total. The third kappa shape index (κ3) is 6.50. The maximum atomic E-state index is 2.37. The molecule has 1 heteroatoms. The Bertz CT molecular complexity index is 115. The predicted octanol–water partition coefficient (Wildman–Crippen LogP) is 5.66. The van der Waals surface area contributed by atoms with Crippen LogP contribution in [0.1, 0.15) is 79.1 Å². The fourth-order valence-electron chi connectivity index (χ4n) is 2.01. The summed E-state index contributed by atoms with van der Waals surface area (Å²) >= 11 is 2.24. The van der Waals surface area contributed by atoms with Crippen LogP contribution in [0, 0.1) is 0 Å². The smallest absolute Gasteiger partial charge is 0.0154 e. The summed E-state index contributed by atoms with van der Waals surface area (Å²) in [6.45, 7) is 9.32. The van der Waals surface area contributed by atoms with E-state index in [1.165, 1.54) is 57.1 Å². The maximum absolute atomic E-state index is 2.37. The quantitative estimate of drug-likeness (QED) is 0.436. The number of thioether (sulfide) groups is 1. The van der Waals surface area contributed by atoms with Gasteiger partial charge in [-0.1, -0.05) is 53.4 Å². The Hall–Kier alpha value is 0.350. The highest BCUT2D eigenvalue weighted by atomic mass is 32.2. The molecule has 0 amide bonds. The Balaban J connectivity index is 3.93. The predicted molar refractivity (Wildman–Crippen MR) is 74.8 cm³/mol. The summed E-state index contributed by atoms with van der Waals surface area (Å²) in [6, 6.07) is 0. The minimum atomic E-state index is 0.602. The third-order valence-electron chi connectivity index (χ3n) is 3.43. The zero-order valence-electron chi connectivity index (χ0n) is 11.3. The van der Waals surface area contributed by atoms with Crippen LogP contribution in [0.25, 0.3) is 0 Å². The number of unbranched alkanes of at least 4 members (excludes halogenated alkanes) is 3. The molecule has 0 aliphatic rings. The van der Waals surface area contributed by atoms with Crippen LogP contribution in [0.15, 0.2) is 0 Å². The van der Waals surface area contributed by atoms with Crippen LogP contribution in [0.2, 0.25) is 0 Å². The van der Waals surface area contributed by atoms with Crippen LogP contribution in [0.4, 0.5) is 0 Å². The summed E-state index contributed by atoms with van der Waals surface area (Å²) in [4.78, 5) is 0. The average Bonchev–Trinajstić information content (AvgIpc) is 2.28. The molecule has 0 heterocycles. The van der Waals surface area contributed by atoms with E-state index in [9.17, 15) is 0 Å². The lowest BCUT2D eigenvalue weighted by Crippen LogP contribution is -2.23. The molecule has 0 aromatic heterocycles. The van der Waals surface area contributed by atoms with E-state index in [4.69, 9.17) is 0 Å². The van der Waals surface area contributed by atoms with E-state index in [0.29, 0.717) is 4.75 Å². The van der Waals surface area contributed by atoms with Crippen molar-refractivity contribution in [2.24, 2.45) is 0 Å². The first-order valence-electron chi connectivity index (χ1n) is 6.88. The zero-order chi connectivity index (χ0) is 11.6. The van der Waals surface area contributed by atoms with E-state index >= 15 is 0 Å². The number of hydrogen-bond acceptors (Lipinski definition) is 1. The number of hydrogen-bond donors (Lipinski definition) is 0. The minimum absolute atomic E-state index is 0.602. The van der Waals surface area contributed by atoms with Crippen molar-refractivity contribution in [3.05, 3.63) is 0 Å². The summed E-state index contributed by atoms with van der Waals surface area (Å²) in [6.07, 6.45) is 11.0. The van der Waals surface area contributed by atoms with Crippen molar-refractivity contribution in [2.75, 3.05) is 5.75 Å². The Kier molecular flexibility index (Phi) is 9.79. The van der Waals surface area contributed by atoms with E-state index in [1.54, 1.807) is 0 Å². The summed E-state index contributed by atoms with van der Waals surface area (Å²) in [7, 11) is 0. The van der Waals surface area contributed by atoms with E-state index in [2.05, 4.69) is 39.5 Å². The topological polar surface area (TPSA) is 0 Å². The maximum Gasteiger partial charge on any atom is 0.0154 e. The van der Waals surface area contributed by atoms with E-state index < -0.39 is 0 Å². The Morgan fingerprint density at radius 3 is 1.87 bits per heavy atom. The van der Waals surface area contributed by atoms with Crippen molar-refractivity contribution in [3.8, 4) is 0 Å². The molecule has 0 aliphatic carbocycles. The van der Waals surface area contributed by atoms with Crippen LogP contribution >= 0.6 is 11.8 Å². The molecule has 0 spiro atoms. The Labute approximate surface area is 102 Å². The van der Waals surface area contributed by atoms with Gasteiger partial charge in [0.25, 0.3) is 0 Å². The second-order valence-corrected chi connectivity index (χ2v) is 6.11. The van der Waals surface area contributed by atoms with Crippen molar-refractivity contribution in [3.63, 3.8) is 0 Å². The van der Waals surface area contributed by atoms with Gasteiger partial charge < -0.3 is 0 Å². The van der Waals surface area contributed by atoms with Gasteiger partial charge >= 0.3 is 0 Å². The molecule has 0 aliphatic heterocycles. The van der Waals surface area contributed by atoms with Gasteiger partial charge in [-0.05, 0) is 31.4 Å². The van der Waals surface area contributed by atoms with Gasteiger partial charge in [-0.3, -0.25) is 0 Å². The van der Waals surface area contributed by atoms with Gasteiger partial charge in [-0.2, -0.15) is 11.8 Å². The van der Waals surface area contributed by atoms with Crippen LogP contribution in [0.5, 0.6) is 0 Å². The second-order valence-electron chi connectivity index (χ2n) is 4.55. The van der Waals surface area contributed by atoms with E-state index in [0.717, 1.165) is 0 Å². The fourth-order valence-corrected chi connectivity index (χ4v) is 3.57. The molecule has 0 atom stereocenters. The lowest BCUT2D eigenvalue weighted by Gasteiger charge is -2.31. The first kappa shape index (κ1) is 15.3. The van der Waals surface area contributed by atoms with E-state index in [-0.39, 0.29) is 0 Å². The summed E-state index contributed by atoms with van der Waals surface area (Å²) in [5.74, 6) is 1.37. The standard InChI is InChI=1S/C14H30S/c1-5-9-11-12-14(7-3,8-4)15-13-10-6-2/h5-13H2,1-4H3. The lowest BCUT2D eigenvalue weighted by molar-refractivity contribution is 0.477. The van der Waals surface area contributed by atoms with Crippen molar-refractivity contribution in [2.45, 2.75) is 83.8 Å². The second kappa shape index (κ2) is 9.57. The van der Waals surface area contributed by atoms with Gasteiger partial charge in [0.05, 0.1) is 0 Å². The van der Waals surface area contributed by atoms with Gasteiger partial charge in [0, 0.05) is 4.75 Å². The molecule has 0 nitrogen and oxygen atoms in total. The molecule has 15 heavy (non-hydrogen) atoms. The van der Waals surface area contributed by atoms with Crippen molar-refractivity contribution in [1.29, 1.82) is 0 Å². The van der Waals surface area contributed by atoms with Crippen LogP contribution < -0.4 is 0 Å². The molecule has 0 unspecified atom stereocenters. The SMILES string of the molecule is CCCCCC(CC)(CC)SCCCC. The van der Waals surface area contributed by atoms with Gasteiger partial charge in [0.15, 0.2) is 0 Å². The molecule has 0 fully saturated rings. The normalized spacial score (nSPS) is 12.0. The van der Waals surface area contributed by atoms with Gasteiger partial charge in [-0.15, -0.1) is 0 Å². The Morgan fingerprint density at radius 2 is 1.40 bits per heavy atom. The van der Waals surface area contributed by atoms with Crippen LogP contribution in [0.3, 0.4) is 0 Å². The molecule has 0 aromatic carbocycles. The van der Waals surface area contributed by atoms with Gasteiger partial charge in [0.2, 0.25) is 0 Å². The molecule has 0 aromatic rings.